The molecule has 0 amide bonds. The van der Waals surface area contributed by atoms with Gasteiger partial charge < -0.3 is 15.2 Å². The number of hydrogen-bond donors (Lipinski definition) is 1. The Bertz CT molecular complexity index is 875. The Balaban J connectivity index is 1.65. The van der Waals surface area contributed by atoms with Gasteiger partial charge in [-0.05, 0) is 72.4 Å². The van der Waals surface area contributed by atoms with Crippen LogP contribution in [0.3, 0.4) is 0 Å². The molecule has 0 saturated heterocycles. The van der Waals surface area contributed by atoms with E-state index in [1.165, 1.54) is 27.8 Å². The minimum Gasteiger partial charge on any atom is -0.492 e. The molecule has 0 bridgehead atoms. The van der Waals surface area contributed by atoms with Crippen LogP contribution in [-0.2, 0) is 13.0 Å². The van der Waals surface area contributed by atoms with Crippen LogP contribution >= 0.6 is 0 Å². The van der Waals surface area contributed by atoms with E-state index in [4.69, 9.17) is 15.2 Å². The molecule has 0 saturated carbocycles. The van der Waals surface area contributed by atoms with Crippen molar-refractivity contribution in [2.45, 2.75) is 26.9 Å². The molecule has 0 heterocycles. The van der Waals surface area contributed by atoms with Crippen LogP contribution in [0.15, 0.2) is 66.7 Å². The van der Waals surface area contributed by atoms with Crippen molar-refractivity contribution in [3.05, 3.63) is 94.5 Å². The molecule has 3 aromatic carbocycles. The summed E-state index contributed by atoms with van der Waals surface area (Å²) in [7, 11) is 0. The van der Waals surface area contributed by atoms with Gasteiger partial charge in [0.25, 0.3) is 0 Å². The van der Waals surface area contributed by atoms with Gasteiger partial charge in [-0.25, -0.2) is 0 Å². The van der Waals surface area contributed by atoms with Gasteiger partial charge in [-0.1, -0.05) is 42.5 Å². The van der Waals surface area contributed by atoms with Crippen LogP contribution in [0.1, 0.15) is 27.8 Å². The summed E-state index contributed by atoms with van der Waals surface area (Å²) in [4.78, 5) is 0. The molecular formula is C24H27NO2. The monoisotopic (exact) mass is 361 g/mol. The summed E-state index contributed by atoms with van der Waals surface area (Å²) >= 11 is 0. The first-order valence-corrected chi connectivity index (χ1v) is 9.34. The fraction of sp³-hybridized carbons (Fsp3) is 0.250. The third-order valence-electron chi connectivity index (χ3n) is 4.64. The van der Waals surface area contributed by atoms with E-state index < -0.39 is 0 Å². The van der Waals surface area contributed by atoms with E-state index in [9.17, 15) is 0 Å². The molecule has 27 heavy (non-hydrogen) atoms. The normalized spacial score (nSPS) is 10.6. The molecule has 0 aliphatic carbocycles. The van der Waals surface area contributed by atoms with Gasteiger partial charge in [-0.15, -0.1) is 0 Å². The maximum Gasteiger partial charge on any atom is 0.120 e. The van der Waals surface area contributed by atoms with Crippen molar-refractivity contribution in [2.75, 3.05) is 13.2 Å². The number of benzene rings is 3. The van der Waals surface area contributed by atoms with Crippen molar-refractivity contribution >= 4 is 0 Å². The summed E-state index contributed by atoms with van der Waals surface area (Å²) in [5, 5.41) is 0. The summed E-state index contributed by atoms with van der Waals surface area (Å²) in [6, 6.07) is 22.8. The average Bonchev–Trinajstić information content (AvgIpc) is 2.69. The van der Waals surface area contributed by atoms with Crippen molar-refractivity contribution in [3.8, 4) is 11.5 Å². The van der Waals surface area contributed by atoms with E-state index in [0.29, 0.717) is 19.8 Å². The molecule has 0 fully saturated rings. The lowest BCUT2D eigenvalue weighted by Gasteiger charge is -2.13. The van der Waals surface area contributed by atoms with E-state index in [-0.39, 0.29) is 0 Å². The maximum atomic E-state index is 5.93. The first kappa shape index (κ1) is 19.0. The highest BCUT2D eigenvalue weighted by molar-refractivity contribution is 5.42. The van der Waals surface area contributed by atoms with Gasteiger partial charge >= 0.3 is 0 Å². The molecule has 3 aromatic rings. The van der Waals surface area contributed by atoms with Crippen LogP contribution in [-0.4, -0.2) is 13.2 Å². The second kappa shape index (κ2) is 9.24. The lowest BCUT2D eigenvalue weighted by Crippen LogP contribution is -2.10. The highest BCUT2D eigenvalue weighted by Crippen LogP contribution is 2.24. The van der Waals surface area contributed by atoms with E-state index in [2.05, 4.69) is 56.3 Å². The largest absolute Gasteiger partial charge is 0.492 e. The highest BCUT2D eigenvalue weighted by atomic mass is 16.5. The Hall–Kier alpha value is -2.78. The first-order chi connectivity index (χ1) is 13.2. The molecule has 0 aliphatic heterocycles. The van der Waals surface area contributed by atoms with Gasteiger partial charge in [0.15, 0.2) is 0 Å². The number of hydrogen-bond acceptors (Lipinski definition) is 3. The second-order valence-electron chi connectivity index (χ2n) is 6.76. The molecule has 3 nitrogen and oxygen atoms in total. The Morgan fingerprint density at radius 3 is 1.89 bits per heavy atom. The average molecular weight is 361 g/mol. The maximum absolute atomic E-state index is 5.93. The van der Waals surface area contributed by atoms with Crippen molar-refractivity contribution in [1.82, 2.24) is 0 Å². The van der Waals surface area contributed by atoms with Gasteiger partial charge in [-0.3, -0.25) is 0 Å². The Morgan fingerprint density at radius 1 is 0.741 bits per heavy atom. The van der Waals surface area contributed by atoms with Crippen molar-refractivity contribution in [1.29, 1.82) is 0 Å². The van der Waals surface area contributed by atoms with Crippen molar-refractivity contribution in [3.63, 3.8) is 0 Å². The summed E-state index contributed by atoms with van der Waals surface area (Å²) in [5.74, 6) is 1.78. The molecule has 140 valence electrons. The second-order valence-corrected chi connectivity index (χ2v) is 6.76. The molecule has 0 atom stereocenters. The van der Waals surface area contributed by atoms with E-state index in [1.54, 1.807) is 0 Å². The first-order valence-electron chi connectivity index (χ1n) is 9.34. The Morgan fingerprint density at radius 2 is 1.33 bits per heavy atom. The molecule has 0 radical (unpaired) electrons. The molecule has 0 aromatic heterocycles. The predicted octanol–water partition coefficient (Wildman–Crippen LogP) is 4.81. The van der Waals surface area contributed by atoms with Crippen LogP contribution in [0.25, 0.3) is 0 Å². The molecule has 3 heteroatoms. The van der Waals surface area contributed by atoms with Gasteiger partial charge in [0, 0.05) is 6.54 Å². The summed E-state index contributed by atoms with van der Waals surface area (Å²) in [6.45, 7) is 5.92. The van der Waals surface area contributed by atoms with Gasteiger partial charge in [0.2, 0.25) is 0 Å². The number of rotatable bonds is 8. The zero-order valence-electron chi connectivity index (χ0n) is 16.1. The molecule has 2 N–H and O–H groups in total. The standard InChI is InChI=1S/C24H27NO2/c1-18-14-23(26-13-12-25)10-8-21(18)16-22-9-11-24(15-19(22)2)27-17-20-6-4-3-5-7-20/h3-11,14-15H,12-13,16-17,25H2,1-2H3. The van der Waals surface area contributed by atoms with Gasteiger partial charge in [0.1, 0.15) is 24.7 Å². The van der Waals surface area contributed by atoms with Gasteiger partial charge in [-0.2, -0.15) is 0 Å². The summed E-state index contributed by atoms with van der Waals surface area (Å²) in [5.41, 5.74) is 11.7. The minimum atomic E-state index is 0.526. The van der Waals surface area contributed by atoms with E-state index in [0.717, 1.165) is 17.9 Å². The Kier molecular flexibility index (Phi) is 6.50. The number of aryl methyl sites for hydroxylation is 2. The minimum absolute atomic E-state index is 0.526. The number of ether oxygens (including phenoxy) is 2. The molecule has 0 spiro atoms. The smallest absolute Gasteiger partial charge is 0.120 e. The fourth-order valence-corrected chi connectivity index (χ4v) is 3.04. The van der Waals surface area contributed by atoms with Crippen LogP contribution in [0.4, 0.5) is 0 Å². The van der Waals surface area contributed by atoms with Crippen LogP contribution in [0, 0.1) is 13.8 Å². The third-order valence-corrected chi connectivity index (χ3v) is 4.64. The third kappa shape index (κ3) is 5.35. The molecule has 0 unspecified atom stereocenters. The van der Waals surface area contributed by atoms with Crippen LogP contribution in [0.2, 0.25) is 0 Å². The van der Waals surface area contributed by atoms with Crippen molar-refractivity contribution in [2.24, 2.45) is 5.73 Å². The topological polar surface area (TPSA) is 44.5 Å². The summed E-state index contributed by atoms with van der Waals surface area (Å²) < 4.78 is 11.5. The van der Waals surface area contributed by atoms with E-state index in [1.807, 2.05) is 24.3 Å². The quantitative estimate of drug-likeness (QED) is 0.626. The number of nitrogens with two attached hydrogens (primary N) is 1. The molecule has 3 rings (SSSR count). The van der Waals surface area contributed by atoms with Crippen LogP contribution < -0.4 is 15.2 Å². The molecule has 0 aliphatic rings. The van der Waals surface area contributed by atoms with E-state index >= 15 is 0 Å². The fourth-order valence-electron chi connectivity index (χ4n) is 3.04. The SMILES string of the molecule is Cc1cc(OCCN)ccc1Cc1ccc(OCc2ccccc2)cc1C. The summed E-state index contributed by atoms with van der Waals surface area (Å²) in [6.07, 6.45) is 0.897. The Labute approximate surface area is 161 Å². The molecular weight excluding hydrogens is 334 g/mol. The van der Waals surface area contributed by atoms with Gasteiger partial charge in [0.05, 0.1) is 0 Å². The lowest BCUT2D eigenvalue weighted by atomic mass is 9.97. The zero-order chi connectivity index (χ0) is 19.1. The lowest BCUT2D eigenvalue weighted by molar-refractivity contribution is 0.306. The predicted molar refractivity (Wildman–Crippen MR) is 110 cm³/mol. The van der Waals surface area contributed by atoms with Crippen molar-refractivity contribution < 1.29 is 9.47 Å². The highest BCUT2D eigenvalue weighted by Gasteiger charge is 2.06. The zero-order valence-corrected chi connectivity index (χ0v) is 16.1. The van der Waals surface area contributed by atoms with Crippen LogP contribution in [0.5, 0.6) is 11.5 Å².